The van der Waals surface area contributed by atoms with Gasteiger partial charge in [0.05, 0.1) is 51.5 Å². The fourth-order valence-corrected chi connectivity index (χ4v) is 4.24. The molecule has 0 aliphatic heterocycles. The number of carbonyl (C=O) groups is 2. The van der Waals surface area contributed by atoms with Crippen LogP contribution in [0.5, 0.6) is 0 Å². The molecule has 0 unspecified atom stereocenters. The first kappa shape index (κ1) is 22.3. The summed E-state index contributed by atoms with van der Waals surface area (Å²) < 4.78 is 9.17. The van der Waals surface area contributed by atoms with Crippen molar-refractivity contribution in [2.24, 2.45) is 5.90 Å². The fraction of sp³-hybridized carbons (Fsp3) is 0. The Hall–Kier alpha value is -2.94. The summed E-state index contributed by atoms with van der Waals surface area (Å²) in [6.07, 6.45) is 0. The normalized spacial score (nSPS) is 12.4. The van der Waals surface area contributed by atoms with Gasteiger partial charge in [0.25, 0.3) is 0 Å². The Balaban J connectivity index is 1.84. The van der Waals surface area contributed by atoms with Crippen LogP contribution in [0.2, 0.25) is 0 Å². The van der Waals surface area contributed by atoms with Crippen molar-refractivity contribution >= 4 is 52.7 Å². The maximum absolute atomic E-state index is 13.3. The Morgan fingerprint density at radius 2 is 1.59 bits per heavy atom. The Labute approximate surface area is 189 Å². The smallest absolute Gasteiger partial charge is 0.196 e. The molecule has 3 aromatic rings. The monoisotopic (exact) mass is 473 g/mol. The lowest BCUT2D eigenvalue weighted by atomic mass is 9.82. The van der Waals surface area contributed by atoms with Gasteiger partial charge in [-0.15, -0.1) is 13.7 Å². The zero-order valence-corrected chi connectivity index (χ0v) is 17.7. The predicted molar refractivity (Wildman–Crippen MR) is 117 cm³/mol. The second-order valence-corrected chi connectivity index (χ2v) is 7.93. The zero-order valence-electron chi connectivity index (χ0n) is 16.1. The number of nitrogen functional groups attached to an aromatic ring is 1. The van der Waals surface area contributed by atoms with Crippen LogP contribution < -0.4 is 16.9 Å². The van der Waals surface area contributed by atoms with Crippen molar-refractivity contribution in [1.82, 2.24) is 0 Å². The van der Waals surface area contributed by atoms with Gasteiger partial charge in [-0.1, -0.05) is 35.4 Å². The molecule has 3 aromatic carbocycles. The summed E-state index contributed by atoms with van der Waals surface area (Å²) in [5.41, 5.74) is 7.82. The summed E-state index contributed by atoms with van der Waals surface area (Å²) in [6, 6.07) is 15.0. The molecule has 0 radical (unpaired) electrons. The molecule has 0 saturated carbocycles. The first-order valence-electron chi connectivity index (χ1n) is 8.92. The molecule has 10 nitrogen and oxygen atoms in total. The molecule has 6 N–H and O–H groups in total. The predicted octanol–water partition coefficient (Wildman–Crippen LogP) is 4.05. The molecule has 0 bridgehead atoms. The van der Waals surface area contributed by atoms with Crippen molar-refractivity contribution in [2.45, 2.75) is 9.79 Å². The molecule has 0 spiro atoms. The topological polar surface area (TPSA) is 155 Å². The summed E-state index contributed by atoms with van der Waals surface area (Å²) in [5, 5.41) is 15.3. The molecule has 0 aromatic heterocycles. The van der Waals surface area contributed by atoms with Crippen molar-refractivity contribution in [3.8, 4) is 0 Å². The number of benzene rings is 3. The lowest BCUT2D eigenvalue weighted by Gasteiger charge is -2.23. The van der Waals surface area contributed by atoms with E-state index in [0.29, 0.717) is 28.3 Å². The largest absolute Gasteiger partial charge is 0.397 e. The molecule has 0 atom stereocenters. The second kappa shape index (κ2) is 9.68. The minimum Gasteiger partial charge on any atom is -0.397 e. The molecule has 0 saturated heterocycles. The maximum Gasteiger partial charge on any atom is 0.196 e. The average molecular weight is 473 g/mol. The molecule has 0 amide bonds. The Bertz CT molecular complexity index is 1210. The number of anilines is 3. The third kappa shape index (κ3) is 4.21. The van der Waals surface area contributed by atoms with Crippen LogP contribution in [0, 0.1) is 0 Å². The average Bonchev–Trinajstić information content (AvgIpc) is 2.81. The van der Waals surface area contributed by atoms with E-state index in [4.69, 9.17) is 16.9 Å². The van der Waals surface area contributed by atoms with Crippen LogP contribution in [0.1, 0.15) is 31.8 Å². The molecular formula is C20H15N3O7S2. The number of rotatable bonds is 8. The number of ketones is 2. The molecule has 1 aliphatic rings. The van der Waals surface area contributed by atoms with E-state index in [1.807, 2.05) is 0 Å². The van der Waals surface area contributed by atoms with E-state index in [1.165, 1.54) is 6.07 Å². The summed E-state index contributed by atoms with van der Waals surface area (Å²) in [6.45, 7) is 0. The minimum absolute atomic E-state index is 0.0262. The van der Waals surface area contributed by atoms with E-state index in [-0.39, 0.29) is 38.6 Å². The SMILES string of the molecule is NOOSc1cccc(Nc2cc(SOOO)c(N)c3c2C(=O)c2ccccc2C3=O)c1. The third-order valence-corrected chi connectivity index (χ3v) is 5.88. The van der Waals surface area contributed by atoms with Gasteiger partial charge in [0, 0.05) is 21.7 Å². The van der Waals surface area contributed by atoms with Crippen molar-refractivity contribution in [2.75, 3.05) is 11.1 Å². The van der Waals surface area contributed by atoms with E-state index < -0.39 is 5.78 Å². The van der Waals surface area contributed by atoms with Gasteiger partial charge in [0.1, 0.15) is 0 Å². The quantitative estimate of drug-likeness (QED) is 0.126. The molecule has 4 rings (SSSR count). The van der Waals surface area contributed by atoms with Crippen LogP contribution in [0.4, 0.5) is 17.1 Å². The standard InChI is InChI=1S/C20H15N3O7S2/c21-18-15(32-30-28-26)9-14(23-10-4-3-5-11(8-10)31-29-27-22)16-17(18)20(25)13-7-2-1-6-12(13)19(16)24/h1-9,23,26H,21-22H2. The number of hydrogen-bond acceptors (Lipinski definition) is 12. The summed E-state index contributed by atoms with van der Waals surface area (Å²) in [4.78, 5) is 31.6. The van der Waals surface area contributed by atoms with Gasteiger partial charge in [0.2, 0.25) is 0 Å². The van der Waals surface area contributed by atoms with Gasteiger partial charge < -0.3 is 11.1 Å². The van der Waals surface area contributed by atoms with Crippen molar-refractivity contribution in [3.63, 3.8) is 0 Å². The number of nitrogens with one attached hydrogen (secondary N) is 1. The van der Waals surface area contributed by atoms with E-state index in [2.05, 4.69) is 24.0 Å². The first-order valence-corrected chi connectivity index (χ1v) is 10.4. The van der Waals surface area contributed by atoms with E-state index in [0.717, 1.165) is 12.0 Å². The molecule has 12 heteroatoms. The molecule has 0 fully saturated rings. The van der Waals surface area contributed by atoms with E-state index in [1.54, 1.807) is 48.5 Å². The number of hydrogen-bond donors (Lipinski definition) is 4. The minimum atomic E-state index is -0.402. The van der Waals surface area contributed by atoms with E-state index >= 15 is 0 Å². The molecular weight excluding hydrogens is 458 g/mol. The highest BCUT2D eigenvalue weighted by atomic mass is 32.2. The second-order valence-electron chi connectivity index (χ2n) is 6.42. The van der Waals surface area contributed by atoms with Crippen molar-refractivity contribution < 1.29 is 33.5 Å². The van der Waals surface area contributed by atoms with Gasteiger partial charge in [0.15, 0.2) is 11.6 Å². The first-order chi connectivity index (χ1) is 15.5. The highest BCUT2D eigenvalue weighted by Crippen LogP contribution is 2.42. The summed E-state index contributed by atoms with van der Waals surface area (Å²) in [7, 11) is 0. The molecule has 164 valence electrons. The maximum atomic E-state index is 13.3. The lowest BCUT2D eigenvalue weighted by molar-refractivity contribution is -0.432. The van der Waals surface area contributed by atoms with Gasteiger partial charge in [-0.2, -0.15) is 5.90 Å². The van der Waals surface area contributed by atoms with Gasteiger partial charge in [-0.25, -0.2) is 5.26 Å². The molecule has 1 aliphatic carbocycles. The fourth-order valence-electron chi connectivity index (χ4n) is 3.35. The van der Waals surface area contributed by atoms with Crippen LogP contribution in [0.15, 0.2) is 64.4 Å². The van der Waals surface area contributed by atoms with Crippen LogP contribution in [-0.4, -0.2) is 16.8 Å². The van der Waals surface area contributed by atoms with Crippen LogP contribution >= 0.6 is 24.1 Å². The van der Waals surface area contributed by atoms with Gasteiger partial charge >= 0.3 is 0 Å². The van der Waals surface area contributed by atoms with Gasteiger partial charge in [-0.05, 0) is 24.3 Å². The van der Waals surface area contributed by atoms with Crippen molar-refractivity contribution in [1.29, 1.82) is 0 Å². The Morgan fingerprint density at radius 3 is 2.28 bits per heavy atom. The highest BCUT2D eigenvalue weighted by Gasteiger charge is 2.35. The summed E-state index contributed by atoms with van der Waals surface area (Å²) in [5.74, 6) is 4.11. The van der Waals surface area contributed by atoms with Crippen LogP contribution in [0.3, 0.4) is 0 Å². The highest BCUT2D eigenvalue weighted by molar-refractivity contribution is 7.94. The lowest BCUT2D eigenvalue weighted by Crippen LogP contribution is -2.24. The van der Waals surface area contributed by atoms with Crippen molar-refractivity contribution in [3.05, 3.63) is 76.9 Å². The third-order valence-electron chi connectivity index (χ3n) is 4.64. The van der Waals surface area contributed by atoms with E-state index in [9.17, 15) is 9.59 Å². The van der Waals surface area contributed by atoms with Crippen LogP contribution in [-0.2, 0) is 18.7 Å². The van der Waals surface area contributed by atoms with Crippen LogP contribution in [0.25, 0.3) is 0 Å². The Morgan fingerprint density at radius 1 is 0.875 bits per heavy atom. The zero-order chi connectivity index (χ0) is 22.7. The number of carbonyl (C=O) groups excluding carboxylic acids is 2. The number of fused-ring (bicyclic) bond motifs is 2. The molecule has 32 heavy (non-hydrogen) atoms. The molecule has 0 heterocycles. The summed E-state index contributed by atoms with van der Waals surface area (Å²) >= 11 is 1.47. The Kier molecular flexibility index (Phi) is 6.74. The number of nitrogens with two attached hydrogens (primary N) is 2. The van der Waals surface area contributed by atoms with Gasteiger partial charge in [-0.3, -0.25) is 9.59 Å².